The molecule has 1 atom stereocenters. The van der Waals surface area contributed by atoms with Crippen molar-refractivity contribution in [3.8, 4) is 11.5 Å². The molecule has 3 N–H and O–H groups in total. The van der Waals surface area contributed by atoms with Crippen molar-refractivity contribution in [2.45, 2.75) is 33.2 Å². The predicted octanol–water partition coefficient (Wildman–Crippen LogP) is 3.75. The summed E-state index contributed by atoms with van der Waals surface area (Å²) in [5, 5.41) is 11.5. The van der Waals surface area contributed by atoms with Gasteiger partial charge in [-0.05, 0) is 43.0 Å². The van der Waals surface area contributed by atoms with Crippen LogP contribution in [0.4, 0.5) is 0 Å². The van der Waals surface area contributed by atoms with Crippen molar-refractivity contribution in [3.05, 3.63) is 46.2 Å². The molecule has 0 fully saturated rings. The standard InChI is InChI=1S/C22H32N4O3S.HI/c1-5-23-21(27)15-29-18-10-9-17(12-19(18)28-4)14-26-22(24-6-2)25-13-16(3)20-8-7-11-30-20;/h7-12,16H,5-6,13-15H2,1-4H3,(H,23,27)(H2,24,25,26);1H. The number of nitrogens with one attached hydrogen (secondary N) is 3. The molecule has 1 amide bonds. The van der Waals surface area contributed by atoms with Gasteiger partial charge in [0.05, 0.1) is 13.7 Å². The molecule has 2 aromatic rings. The average molecular weight is 561 g/mol. The van der Waals surface area contributed by atoms with Gasteiger partial charge in [0.15, 0.2) is 24.1 Å². The van der Waals surface area contributed by atoms with E-state index in [-0.39, 0.29) is 36.5 Å². The largest absolute Gasteiger partial charge is 0.493 e. The monoisotopic (exact) mass is 560 g/mol. The van der Waals surface area contributed by atoms with E-state index >= 15 is 0 Å². The maximum absolute atomic E-state index is 11.6. The Morgan fingerprint density at radius 3 is 2.55 bits per heavy atom. The van der Waals surface area contributed by atoms with Gasteiger partial charge in [-0.25, -0.2) is 4.99 Å². The van der Waals surface area contributed by atoms with Crippen LogP contribution >= 0.6 is 35.3 Å². The van der Waals surface area contributed by atoms with Gasteiger partial charge >= 0.3 is 0 Å². The second-order valence-corrected chi connectivity index (χ2v) is 7.70. The van der Waals surface area contributed by atoms with E-state index in [0.29, 0.717) is 30.5 Å². The molecule has 172 valence electrons. The van der Waals surface area contributed by atoms with E-state index in [2.05, 4.69) is 45.4 Å². The molecular weight excluding hydrogens is 527 g/mol. The molecule has 9 heteroatoms. The summed E-state index contributed by atoms with van der Waals surface area (Å²) >= 11 is 1.77. The van der Waals surface area contributed by atoms with Crippen molar-refractivity contribution in [2.24, 2.45) is 4.99 Å². The summed E-state index contributed by atoms with van der Waals surface area (Å²) in [6.07, 6.45) is 0. The molecule has 0 bridgehead atoms. The molecule has 31 heavy (non-hydrogen) atoms. The molecule has 0 spiro atoms. The van der Waals surface area contributed by atoms with Crippen LogP contribution in [0.25, 0.3) is 0 Å². The summed E-state index contributed by atoms with van der Waals surface area (Å²) in [5.74, 6) is 2.14. The number of benzene rings is 1. The van der Waals surface area contributed by atoms with Crippen LogP contribution in [-0.4, -0.2) is 45.2 Å². The molecule has 0 saturated carbocycles. The predicted molar refractivity (Wildman–Crippen MR) is 138 cm³/mol. The summed E-state index contributed by atoms with van der Waals surface area (Å²) < 4.78 is 11.0. The average Bonchev–Trinajstić information content (AvgIpc) is 3.29. The summed E-state index contributed by atoms with van der Waals surface area (Å²) in [7, 11) is 1.58. The maximum atomic E-state index is 11.6. The normalized spacial score (nSPS) is 11.8. The Balaban J connectivity index is 0.00000480. The quantitative estimate of drug-likeness (QED) is 0.222. The molecule has 7 nitrogen and oxygen atoms in total. The van der Waals surface area contributed by atoms with E-state index in [9.17, 15) is 4.79 Å². The van der Waals surface area contributed by atoms with Crippen molar-refractivity contribution < 1.29 is 14.3 Å². The Labute approximate surface area is 206 Å². The van der Waals surface area contributed by atoms with Crippen LogP contribution in [0, 0.1) is 0 Å². The highest BCUT2D eigenvalue weighted by Crippen LogP contribution is 2.28. The molecule has 0 aliphatic carbocycles. The van der Waals surface area contributed by atoms with Crippen LogP contribution < -0.4 is 25.4 Å². The Morgan fingerprint density at radius 1 is 1.13 bits per heavy atom. The number of amides is 1. The van der Waals surface area contributed by atoms with Gasteiger partial charge in [-0.3, -0.25) is 4.79 Å². The van der Waals surface area contributed by atoms with Crippen LogP contribution in [0.2, 0.25) is 0 Å². The Hall–Kier alpha value is -2.01. The topological polar surface area (TPSA) is 84.0 Å². The number of nitrogens with zero attached hydrogens (tertiary/aromatic N) is 1. The van der Waals surface area contributed by atoms with Crippen molar-refractivity contribution >= 4 is 47.2 Å². The molecule has 1 heterocycles. The number of methoxy groups -OCH3 is 1. The highest BCUT2D eigenvalue weighted by molar-refractivity contribution is 14.0. The smallest absolute Gasteiger partial charge is 0.257 e. The lowest BCUT2D eigenvalue weighted by molar-refractivity contribution is -0.123. The van der Waals surface area contributed by atoms with Gasteiger partial charge in [-0.1, -0.05) is 19.1 Å². The van der Waals surface area contributed by atoms with E-state index in [1.807, 2.05) is 32.0 Å². The van der Waals surface area contributed by atoms with Gasteiger partial charge in [0.25, 0.3) is 5.91 Å². The lowest BCUT2D eigenvalue weighted by Crippen LogP contribution is -2.39. The summed E-state index contributed by atoms with van der Waals surface area (Å²) in [5.41, 5.74) is 0.987. The van der Waals surface area contributed by atoms with Gasteiger partial charge in [-0.15, -0.1) is 35.3 Å². The number of carbonyl (C=O) groups is 1. The van der Waals surface area contributed by atoms with Gasteiger partial charge in [0.2, 0.25) is 0 Å². The third-order valence-corrected chi connectivity index (χ3v) is 5.43. The zero-order valence-electron chi connectivity index (χ0n) is 18.6. The summed E-state index contributed by atoms with van der Waals surface area (Å²) in [6.45, 7) is 8.74. The van der Waals surface area contributed by atoms with Crippen molar-refractivity contribution in [1.82, 2.24) is 16.0 Å². The number of rotatable bonds is 11. The van der Waals surface area contributed by atoms with Gasteiger partial charge < -0.3 is 25.4 Å². The lowest BCUT2D eigenvalue weighted by atomic mass is 10.1. The molecule has 1 aromatic heterocycles. The zero-order chi connectivity index (χ0) is 21.8. The Bertz CT molecular complexity index is 815. The third-order valence-electron chi connectivity index (χ3n) is 4.33. The molecule has 0 radical (unpaired) electrons. The third kappa shape index (κ3) is 9.34. The summed E-state index contributed by atoms with van der Waals surface area (Å²) in [4.78, 5) is 17.6. The van der Waals surface area contributed by atoms with Crippen molar-refractivity contribution in [1.29, 1.82) is 0 Å². The van der Waals surface area contributed by atoms with Crippen LogP contribution in [-0.2, 0) is 11.3 Å². The highest BCUT2D eigenvalue weighted by atomic mass is 127. The number of hydrogen-bond donors (Lipinski definition) is 3. The van der Waals surface area contributed by atoms with Crippen LogP contribution in [0.15, 0.2) is 40.7 Å². The number of hydrogen-bond acceptors (Lipinski definition) is 5. The number of halogens is 1. The van der Waals surface area contributed by atoms with E-state index in [1.54, 1.807) is 18.4 Å². The molecule has 0 aliphatic rings. The number of carbonyl (C=O) groups excluding carboxylic acids is 1. The highest BCUT2D eigenvalue weighted by Gasteiger charge is 2.10. The van der Waals surface area contributed by atoms with E-state index < -0.39 is 0 Å². The number of guanidine groups is 1. The van der Waals surface area contributed by atoms with Gasteiger partial charge in [-0.2, -0.15) is 0 Å². The van der Waals surface area contributed by atoms with Gasteiger partial charge in [0, 0.05) is 30.4 Å². The first-order valence-electron chi connectivity index (χ1n) is 10.2. The maximum Gasteiger partial charge on any atom is 0.257 e. The van der Waals surface area contributed by atoms with Crippen LogP contribution in [0.1, 0.15) is 37.1 Å². The number of aliphatic imine (C=N–C) groups is 1. The first-order chi connectivity index (χ1) is 14.6. The Kier molecular flexibility index (Phi) is 13.0. The second kappa shape index (κ2) is 14.9. The minimum Gasteiger partial charge on any atom is -0.493 e. The molecule has 0 saturated heterocycles. The van der Waals surface area contributed by atoms with Gasteiger partial charge in [0.1, 0.15) is 0 Å². The second-order valence-electron chi connectivity index (χ2n) is 6.72. The van der Waals surface area contributed by atoms with Crippen LogP contribution in [0.5, 0.6) is 11.5 Å². The SMILES string of the molecule is CCNC(=O)COc1ccc(CN=C(NCC)NCC(C)c2cccs2)cc1OC.I. The molecule has 2 rings (SSSR count). The first-order valence-corrected chi connectivity index (χ1v) is 11.1. The van der Waals surface area contributed by atoms with E-state index in [4.69, 9.17) is 9.47 Å². The lowest BCUT2D eigenvalue weighted by Gasteiger charge is -2.15. The minimum absolute atomic E-state index is 0. The molecule has 1 aromatic carbocycles. The van der Waals surface area contributed by atoms with Crippen molar-refractivity contribution in [2.75, 3.05) is 33.4 Å². The molecular formula is C22H33IN4O3S. The molecule has 0 aliphatic heterocycles. The van der Waals surface area contributed by atoms with E-state index in [0.717, 1.165) is 24.6 Å². The minimum atomic E-state index is -0.161. The van der Waals surface area contributed by atoms with Crippen molar-refractivity contribution in [3.63, 3.8) is 0 Å². The number of thiophene rings is 1. The fourth-order valence-electron chi connectivity index (χ4n) is 2.76. The summed E-state index contributed by atoms with van der Waals surface area (Å²) in [6, 6.07) is 9.85. The van der Waals surface area contributed by atoms with Crippen LogP contribution in [0.3, 0.4) is 0 Å². The Morgan fingerprint density at radius 2 is 1.90 bits per heavy atom. The molecule has 1 unspecified atom stereocenters. The fraction of sp³-hybridized carbons (Fsp3) is 0.455. The zero-order valence-corrected chi connectivity index (χ0v) is 21.7. The fourth-order valence-corrected chi connectivity index (χ4v) is 3.54. The number of likely N-dealkylation sites (N-methyl/N-ethyl adjacent to an activating group) is 1. The first kappa shape index (κ1) is 27.0. The van der Waals surface area contributed by atoms with E-state index in [1.165, 1.54) is 4.88 Å². The number of ether oxygens (including phenoxy) is 2.